The molecule has 1 aromatic carbocycles. The Morgan fingerprint density at radius 3 is 2.64 bits per heavy atom. The Balaban J connectivity index is -0.000000245. The molecule has 5 nitrogen and oxygen atoms in total. The average Bonchev–Trinajstić information content (AvgIpc) is 2.52. The molecule has 0 unspecified atom stereocenters. The van der Waals surface area contributed by atoms with Crippen molar-refractivity contribution in [3.8, 4) is 11.5 Å². The topological polar surface area (TPSA) is 69.4 Å². The number of ether oxygens (including phenoxy) is 2. The van der Waals surface area contributed by atoms with Crippen LogP contribution < -0.4 is 39.4 Å². The van der Waals surface area contributed by atoms with Crippen molar-refractivity contribution in [3.05, 3.63) is 47.8 Å². The number of rotatable bonds is 6. The van der Waals surface area contributed by atoms with Gasteiger partial charge < -0.3 is 26.2 Å². The van der Waals surface area contributed by atoms with Gasteiger partial charge in [-0.15, -0.1) is 0 Å². The van der Waals surface area contributed by atoms with Crippen molar-refractivity contribution in [1.82, 2.24) is 4.98 Å². The van der Waals surface area contributed by atoms with Crippen molar-refractivity contribution in [1.29, 1.82) is 0 Å². The molecule has 1 heterocycles. The van der Waals surface area contributed by atoms with Gasteiger partial charge in [0.2, 0.25) is 0 Å². The summed E-state index contributed by atoms with van der Waals surface area (Å²) in [7, 11) is 3.28. The first-order chi connectivity index (χ1) is 9.78. The molecule has 0 aliphatic heterocycles. The zero-order valence-electron chi connectivity index (χ0n) is 17.3. The van der Waals surface area contributed by atoms with E-state index in [1.54, 1.807) is 20.4 Å². The molecule has 0 aliphatic rings. The number of pyridine rings is 1. The van der Waals surface area contributed by atoms with Crippen molar-refractivity contribution in [2.75, 3.05) is 19.5 Å². The van der Waals surface area contributed by atoms with Gasteiger partial charge >= 0.3 is 36.2 Å². The Hall–Kier alpha value is -1.14. The van der Waals surface area contributed by atoms with Crippen molar-refractivity contribution in [2.24, 2.45) is 5.73 Å². The maximum absolute atomic E-state index is 5.67. The predicted octanol–water partition coefficient (Wildman–Crippen LogP) is -0.757. The predicted molar refractivity (Wildman–Crippen MR) is 89.2 cm³/mol. The van der Waals surface area contributed by atoms with E-state index in [9.17, 15) is 0 Å². The third kappa shape index (κ3) is 5.25. The average molecular weight is 311 g/mol. The molecular weight excluding hydrogens is 288 g/mol. The summed E-state index contributed by atoms with van der Waals surface area (Å²) in [5.41, 5.74) is 8.50. The van der Waals surface area contributed by atoms with Gasteiger partial charge in [-0.1, -0.05) is 0 Å². The number of nitrogens with zero attached hydrogens (tertiary/aromatic N) is 1. The molecule has 0 fully saturated rings. The summed E-state index contributed by atoms with van der Waals surface area (Å²) >= 11 is 0. The van der Waals surface area contributed by atoms with Crippen LogP contribution in [0, 0.1) is 0 Å². The van der Waals surface area contributed by atoms with Gasteiger partial charge in [0.05, 0.1) is 25.6 Å². The Morgan fingerprint density at radius 1 is 1.23 bits per heavy atom. The minimum absolute atomic E-state index is 0. The van der Waals surface area contributed by atoms with E-state index in [2.05, 4.69) is 10.3 Å². The Kier molecular flexibility index (Phi) is 10.0. The van der Waals surface area contributed by atoms with Gasteiger partial charge in [0, 0.05) is 30.9 Å². The minimum atomic E-state index is 0. The number of hydrogen-bond donors (Lipinski definition) is 2. The second-order valence-electron chi connectivity index (χ2n) is 4.23. The maximum Gasteiger partial charge on any atom is 3.00 e. The SMILES string of the molecule is COc1ccc(CNc2cccnc2CN)c(OC)c1.[Al+3].[H-].[H-].[H-].[H-].[Li+]. The summed E-state index contributed by atoms with van der Waals surface area (Å²) in [6, 6.07) is 9.60. The molecule has 114 valence electrons. The summed E-state index contributed by atoms with van der Waals surface area (Å²) in [5.74, 6) is 1.56. The fourth-order valence-corrected chi connectivity index (χ4v) is 1.95. The van der Waals surface area contributed by atoms with Gasteiger partial charge in [0.15, 0.2) is 0 Å². The van der Waals surface area contributed by atoms with E-state index in [1.807, 2.05) is 30.3 Å². The van der Waals surface area contributed by atoms with Crippen molar-refractivity contribution in [2.45, 2.75) is 13.1 Å². The van der Waals surface area contributed by atoms with E-state index in [0.717, 1.165) is 28.4 Å². The first-order valence-corrected chi connectivity index (χ1v) is 6.37. The number of nitrogens with two attached hydrogens (primary N) is 1. The second-order valence-corrected chi connectivity index (χ2v) is 4.23. The van der Waals surface area contributed by atoms with E-state index in [0.29, 0.717) is 13.1 Å². The summed E-state index contributed by atoms with van der Waals surface area (Å²) < 4.78 is 10.6. The monoisotopic (exact) mass is 311 g/mol. The van der Waals surface area contributed by atoms with E-state index >= 15 is 0 Å². The number of anilines is 1. The molecule has 0 saturated heterocycles. The molecule has 0 atom stereocenters. The van der Waals surface area contributed by atoms with Crippen LogP contribution in [0.3, 0.4) is 0 Å². The first-order valence-electron chi connectivity index (χ1n) is 6.37. The number of nitrogens with one attached hydrogen (secondary N) is 1. The van der Waals surface area contributed by atoms with Gasteiger partial charge in [0.1, 0.15) is 11.5 Å². The Labute approximate surface area is 159 Å². The summed E-state index contributed by atoms with van der Waals surface area (Å²) in [6.45, 7) is 1.04. The molecule has 0 spiro atoms. The van der Waals surface area contributed by atoms with Crippen LogP contribution in [0.4, 0.5) is 5.69 Å². The van der Waals surface area contributed by atoms with E-state index in [4.69, 9.17) is 15.2 Å². The molecule has 0 saturated carbocycles. The quantitative estimate of drug-likeness (QED) is 0.687. The van der Waals surface area contributed by atoms with Gasteiger partial charge in [-0.3, -0.25) is 4.98 Å². The van der Waals surface area contributed by atoms with E-state index in [-0.39, 0.29) is 41.9 Å². The molecular formula is C15H23AlLiN3O2. The van der Waals surface area contributed by atoms with Crippen LogP contribution in [0.1, 0.15) is 17.0 Å². The molecule has 3 N–H and O–H groups in total. The van der Waals surface area contributed by atoms with E-state index < -0.39 is 0 Å². The number of hydrogen-bond acceptors (Lipinski definition) is 5. The van der Waals surface area contributed by atoms with Crippen molar-refractivity contribution < 1.29 is 34.0 Å². The fourth-order valence-electron chi connectivity index (χ4n) is 1.95. The summed E-state index contributed by atoms with van der Waals surface area (Å²) in [5, 5.41) is 3.33. The number of methoxy groups -OCH3 is 2. The van der Waals surface area contributed by atoms with Crippen LogP contribution in [0.2, 0.25) is 0 Å². The third-order valence-electron chi connectivity index (χ3n) is 3.05. The smallest absolute Gasteiger partial charge is 1.00 e. The molecule has 2 aromatic rings. The van der Waals surface area contributed by atoms with E-state index in [1.165, 1.54) is 0 Å². The normalized spacial score (nSPS) is 9.23. The van der Waals surface area contributed by atoms with Crippen LogP contribution >= 0.6 is 0 Å². The van der Waals surface area contributed by atoms with Gasteiger partial charge in [0.25, 0.3) is 0 Å². The molecule has 22 heavy (non-hydrogen) atoms. The zero-order valence-corrected chi connectivity index (χ0v) is 14.5. The molecule has 7 heteroatoms. The Bertz CT molecular complexity index is 601. The van der Waals surface area contributed by atoms with Crippen LogP contribution in [0.25, 0.3) is 0 Å². The molecule has 0 amide bonds. The number of aromatic nitrogens is 1. The summed E-state index contributed by atoms with van der Waals surface area (Å²) in [6.07, 6.45) is 1.74. The summed E-state index contributed by atoms with van der Waals surface area (Å²) in [4.78, 5) is 4.24. The van der Waals surface area contributed by atoms with Crippen LogP contribution in [0.5, 0.6) is 11.5 Å². The standard InChI is InChI=1S/C15H19N3O2.Al.Li.4H/c1-19-12-6-5-11(15(8-12)20-2)10-18-13-4-3-7-17-14(13)9-16;;;;;;/h3-8,18H,9-10,16H2,1-2H3;;;;;;/q;+3;+1;4*-1. The van der Waals surface area contributed by atoms with Gasteiger partial charge in [-0.05, 0) is 24.3 Å². The van der Waals surface area contributed by atoms with Crippen molar-refractivity contribution in [3.63, 3.8) is 0 Å². The molecule has 0 bridgehead atoms. The zero-order chi connectivity index (χ0) is 14.4. The van der Waals surface area contributed by atoms with Crippen LogP contribution in [0.15, 0.2) is 36.5 Å². The number of benzene rings is 1. The minimum Gasteiger partial charge on any atom is -1.00 e. The largest absolute Gasteiger partial charge is 3.00 e. The first kappa shape index (κ1) is 20.9. The Morgan fingerprint density at radius 2 is 2.00 bits per heavy atom. The molecule has 2 rings (SSSR count). The van der Waals surface area contributed by atoms with Gasteiger partial charge in [-0.25, -0.2) is 0 Å². The molecule has 0 aliphatic carbocycles. The van der Waals surface area contributed by atoms with Crippen molar-refractivity contribution >= 4 is 23.0 Å². The second kappa shape index (κ2) is 10.6. The van der Waals surface area contributed by atoms with Gasteiger partial charge in [-0.2, -0.15) is 0 Å². The molecule has 1 aromatic heterocycles. The van der Waals surface area contributed by atoms with Crippen LogP contribution in [-0.2, 0) is 13.1 Å². The fraction of sp³-hybridized carbons (Fsp3) is 0.267. The third-order valence-corrected chi connectivity index (χ3v) is 3.05. The maximum atomic E-state index is 5.67. The van der Waals surface area contributed by atoms with Crippen LogP contribution in [-0.4, -0.2) is 36.6 Å². The molecule has 0 radical (unpaired) electrons.